The predicted octanol–water partition coefficient (Wildman–Crippen LogP) is 3.28. The molecule has 2 aromatic carbocycles. The Bertz CT molecular complexity index is 1740. The standard InChI is InChI=1S/C38H42N4O6/c1-3-15-41-17-13-35-29-21-5-7-25(43)31(29)47-33(35)23(9-11-37(35,45)27(41)19-21)39-40-24-10-12-38(46)28-20-22-6-8-26(44)32-30(22)36(38,34(24)48-32)14-18-42(28)16-4-2/h3-8,27-28,33-34,43-46H,1-2,9-20H2/b39-23+,40-24?/t27-,28-,33-,34-,35+,36+,37-,38-/m1/s1. The van der Waals surface area contributed by atoms with Gasteiger partial charge >= 0.3 is 0 Å². The van der Waals surface area contributed by atoms with Crippen molar-refractivity contribution in [1.82, 2.24) is 9.80 Å². The summed E-state index contributed by atoms with van der Waals surface area (Å²) in [6, 6.07) is 7.18. The summed E-state index contributed by atoms with van der Waals surface area (Å²) in [5.41, 5.74) is 1.99. The molecule has 4 N–H and O–H groups in total. The van der Waals surface area contributed by atoms with Crippen LogP contribution in [0.5, 0.6) is 23.0 Å². The molecule has 10 heteroatoms. The average molecular weight is 651 g/mol. The fourth-order valence-corrected chi connectivity index (χ4v) is 12.0. The molecule has 0 radical (unpaired) electrons. The molecule has 2 aromatic rings. The lowest BCUT2D eigenvalue weighted by molar-refractivity contribution is -0.164. The molecule has 10 nitrogen and oxygen atoms in total. The Balaban J connectivity index is 1.08. The second-order valence-electron chi connectivity index (χ2n) is 15.4. The molecule has 48 heavy (non-hydrogen) atoms. The first kappa shape index (κ1) is 29.2. The van der Waals surface area contributed by atoms with Gasteiger partial charge in [0.05, 0.1) is 33.5 Å². The van der Waals surface area contributed by atoms with Crippen LogP contribution in [0.3, 0.4) is 0 Å². The number of hydrogen-bond donors (Lipinski definition) is 4. The Kier molecular flexibility index (Phi) is 5.79. The van der Waals surface area contributed by atoms with Gasteiger partial charge in [-0.15, -0.1) is 13.2 Å². The van der Waals surface area contributed by atoms with Gasteiger partial charge in [-0.25, -0.2) is 0 Å². The van der Waals surface area contributed by atoms with Gasteiger partial charge in [0.15, 0.2) is 35.2 Å². The average Bonchev–Trinajstić information content (AvgIpc) is 3.61. The number of ether oxygens (including phenoxy) is 2. The van der Waals surface area contributed by atoms with Crippen LogP contribution in [0.1, 0.15) is 60.8 Å². The summed E-state index contributed by atoms with van der Waals surface area (Å²) in [5.74, 6) is 1.11. The van der Waals surface area contributed by atoms with Crippen LogP contribution in [0, 0.1) is 0 Å². The van der Waals surface area contributed by atoms with E-state index in [0.717, 1.165) is 46.8 Å². The molecule has 8 aliphatic rings. The van der Waals surface area contributed by atoms with Gasteiger partial charge in [-0.3, -0.25) is 9.80 Å². The van der Waals surface area contributed by atoms with Crippen LogP contribution < -0.4 is 9.47 Å². The SMILES string of the molecule is C=CCN1CC[C@]23c4c5ccc(O)c4O[C@@H]2C(=N/N=C2\CC[C@@]4(O)[C@H]6Cc7ccc(O)c8c7[C@@]4(CCN6CC=C)[C@@H]2O8)CC[C@@]3(O)[C@H]1C5. The first-order valence-corrected chi connectivity index (χ1v) is 17.5. The maximum Gasteiger partial charge on any atom is 0.166 e. The highest BCUT2D eigenvalue weighted by Crippen LogP contribution is 2.66. The smallest absolute Gasteiger partial charge is 0.166 e. The van der Waals surface area contributed by atoms with Gasteiger partial charge in [-0.05, 0) is 74.6 Å². The Hall–Kier alpha value is -3.70. The molecule has 4 bridgehead atoms. The molecule has 250 valence electrons. The van der Waals surface area contributed by atoms with Crippen molar-refractivity contribution in [3.8, 4) is 23.0 Å². The van der Waals surface area contributed by atoms with Crippen LogP contribution in [0.4, 0.5) is 0 Å². The van der Waals surface area contributed by atoms with E-state index in [0.29, 0.717) is 76.0 Å². The minimum atomic E-state index is -1.06. The molecular weight excluding hydrogens is 608 g/mol. The Morgan fingerprint density at radius 2 is 1.15 bits per heavy atom. The van der Waals surface area contributed by atoms with E-state index in [2.05, 4.69) is 23.0 Å². The zero-order chi connectivity index (χ0) is 32.8. The van der Waals surface area contributed by atoms with E-state index in [-0.39, 0.29) is 23.6 Å². The molecular formula is C38H42N4O6. The minimum Gasteiger partial charge on any atom is -0.504 e. The van der Waals surface area contributed by atoms with E-state index in [1.807, 2.05) is 24.3 Å². The third kappa shape index (κ3) is 3.15. The number of aliphatic hydroxyl groups is 2. The summed E-state index contributed by atoms with van der Waals surface area (Å²) in [6.45, 7) is 10.9. The first-order chi connectivity index (χ1) is 23.2. The van der Waals surface area contributed by atoms with Gasteiger partial charge in [0.2, 0.25) is 0 Å². The number of piperidine rings is 2. The Labute approximate surface area is 279 Å². The van der Waals surface area contributed by atoms with Crippen LogP contribution in [-0.2, 0) is 23.7 Å². The number of hydrogen-bond acceptors (Lipinski definition) is 10. The van der Waals surface area contributed by atoms with Crippen molar-refractivity contribution in [2.24, 2.45) is 10.2 Å². The highest BCUT2D eigenvalue weighted by Gasteiger charge is 2.74. The molecule has 4 aliphatic carbocycles. The molecule has 4 aliphatic heterocycles. The third-order valence-electron chi connectivity index (χ3n) is 13.8. The number of benzene rings is 2. The zero-order valence-corrected chi connectivity index (χ0v) is 27.1. The van der Waals surface area contributed by atoms with Crippen LogP contribution in [0.2, 0.25) is 0 Å². The van der Waals surface area contributed by atoms with Gasteiger partial charge in [-0.2, -0.15) is 10.2 Å². The maximum absolute atomic E-state index is 12.7. The number of likely N-dealkylation sites (tertiary alicyclic amines) is 2. The fourth-order valence-electron chi connectivity index (χ4n) is 12.0. The highest BCUT2D eigenvalue weighted by molar-refractivity contribution is 5.97. The first-order valence-electron chi connectivity index (χ1n) is 17.5. The van der Waals surface area contributed by atoms with E-state index in [9.17, 15) is 20.4 Å². The van der Waals surface area contributed by atoms with Crippen molar-refractivity contribution in [3.63, 3.8) is 0 Å². The molecule has 2 saturated carbocycles. The largest absolute Gasteiger partial charge is 0.504 e. The van der Waals surface area contributed by atoms with Gasteiger partial charge < -0.3 is 29.9 Å². The molecule has 4 fully saturated rings. The molecule has 0 amide bonds. The number of rotatable bonds is 5. The van der Waals surface area contributed by atoms with E-state index < -0.39 is 34.2 Å². The molecule has 4 heterocycles. The van der Waals surface area contributed by atoms with Gasteiger partial charge in [0.1, 0.15) is 0 Å². The van der Waals surface area contributed by atoms with Gasteiger partial charge in [-0.1, -0.05) is 24.3 Å². The van der Waals surface area contributed by atoms with E-state index >= 15 is 0 Å². The summed E-state index contributed by atoms with van der Waals surface area (Å²) in [6.07, 6.45) is 7.42. The van der Waals surface area contributed by atoms with Gasteiger partial charge in [0.25, 0.3) is 0 Å². The minimum absolute atomic E-state index is 0.0885. The molecule has 8 atom stereocenters. The van der Waals surface area contributed by atoms with Crippen molar-refractivity contribution >= 4 is 11.4 Å². The van der Waals surface area contributed by atoms with Crippen LogP contribution in [-0.4, -0.2) is 103 Å². The second kappa shape index (κ2) is 9.50. The van der Waals surface area contributed by atoms with Crippen LogP contribution in [0.25, 0.3) is 0 Å². The highest BCUT2D eigenvalue weighted by atomic mass is 16.5. The molecule has 0 unspecified atom stereocenters. The second-order valence-corrected chi connectivity index (χ2v) is 15.4. The van der Waals surface area contributed by atoms with Crippen LogP contribution in [0.15, 0.2) is 59.8 Å². The molecule has 2 spiro atoms. The van der Waals surface area contributed by atoms with Crippen molar-refractivity contribution < 1.29 is 29.9 Å². The topological polar surface area (TPSA) is 131 Å². The summed E-state index contributed by atoms with van der Waals surface area (Å²) in [4.78, 5) is 4.68. The number of aromatic hydroxyl groups is 2. The summed E-state index contributed by atoms with van der Waals surface area (Å²) >= 11 is 0. The van der Waals surface area contributed by atoms with E-state index in [1.165, 1.54) is 0 Å². The Morgan fingerprint density at radius 3 is 1.56 bits per heavy atom. The predicted molar refractivity (Wildman–Crippen MR) is 179 cm³/mol. The molecule has 2 saturated heterocycles. The lowest BCUT2D eigenvalue weighted by Crippen LogP contribution is -2.76. The molecule has 10 rings (SSSR count). The number of nitrogens with zero attached hydrogens (tertiary/aromatic N) is 4. The van der Waals surface area contributed by atoms with Crippen molar-refractivity contribution in [1.29, 1.82) is 0 Å². The zero-order valence-electron chi connectivity index (χ0n) is 27.1. The number of phenols is 2. The summed E-state index contributed by atoms with van der Waals surface area (Å²) < 4.78 is 13.3. The quantitative estimate of drug-likeness (QED) is 0.287. The lowest BCUT2D eigenvalue weighted by atomic mass is 9.48. The summed E-state index contributed by atoms with van der Waals surface area (Å²) in [5, 5.41) is 57.4. The van der Waals surface area contributed by atoms with E-state index in [1.54, 1.807) is 12.1 Å². The monoisotopic (exact) mass is 650 g/mol. The summed E-state index contributed by atoms with van der Waals surface area (Å²) in [7, 11) is 0. The number of phenolic OH excluding ortho intramolecular Hbond substituents is 2. The van der Waals surface area contributed by atoms with Crippen molar-refractivity contribution in [2.75, 3.05) is 26.2 Å². The van der Waals surface area contributed by atoms with E-state index in [4.69, 9.17) is 19.7 Å². The fraction of sp³-hybridized carbons (Fsp3) is 0.526. The van der Waals surface area contributed by atoms with Crippen molar-refractivity contribution in [2.45, 2.75) is 97.7 Å². The van der Waals surface area contributed by atoms with Gasteiger partial charge in [0, 0.05) is 49.4 Å². The van der Waals surface area contributed by atoms with Crippen LogP contribution >= 0.6 is 0 Å². The van der Waals surface area contributed by atoms with Crippen molar-refractivity contribution in [3.05, 3.63) is 71.8 Å². The third-order valence-corrected chi connectivity index (χ3v) is 13.8. The normalized spacial score (nSPS) is 41.4. The molecule has 0 aromatic heterocycles. The maximum atomic E-state index is 12.7. The lowest BCUT2D eigenvalue weighted by Gasteiger charge is -2.63. The Morgan fingerprint density at radius 1 is 0.708 bits per heavy atom.